The first-order valence-corrected chi connectivity index (χ1v) is 14.4. The minimum absolute atomic E-state index is 0.0257. The van der Waals surface area contributed by atoms with Crippen molar-refractivity contribution in [2.75, 3.05) is 11.5 Å². The lowest BCUT2D eigenvalue weighted by Crippen LogP contribution is -2.36. The van der Waals surface area contributed by atoms with E-state index in [4.69, 9.17) is 9.11 Å². The molecule has 0 aromatic carbocycles. The van der Waals surface area contributed by atoms with Crippen LogP contribution in [0.3, 0.4) is 0 Å². The molecular weight excluding hydrogens is 548 g/mol. The third-order valence-electron chi connectivity index (χ3n) is 4.09. The Bertz CT molecular complexity index is 1030. The number of nitrogens with zero attached hydrogens (tertiary/aromatic N) is 2. The summed E-state index contributed by atoms with van der Waals surface area (Å²) < 4.78 is 61.9. The van der Waals surface area contributed by atoms with Gasteiger partial charge in [-0.2, -0.15) is 16.8 Å². The molecule has 0 aromatic heterocycles. The first-order chi connectivity index (χ1) is 15.6. The highest BCUT2D eigenvalue weighted by atomic mass is 33.1. The van der Waals surface area contributed by atoms with Crippen LogP contribution >= 0.6 is 21.6 Å². The zero-order chi connectivity index (χ0) is 25.8. The van der Waals surface area contributed by atoms with Crippen LogP contribution in [0.4, 0.5) is 0 Å². The molecule has 190 valence electrons. The third-order valence-corrected chi connectivity index (χ3v) is 8.67. The standard InChI is InChI=1S/C14H16N2O14S4/c17-9-5-7(33(23,24)25)13(21)15(9)29-11(19)1-3-31-32-4-2-12(20)30-16-10(18)6-8(14(16)22)34(26,27)28/h7-8H,1-6H2,(H,23,24,25)(H,26,27,28)/t7-,8+. The highest BCUT2D eigenvalue weighted by Gasteiger charge is 2.49. The largest absolute Gasteiger partial charge is 0.334 e. The second-order valence-electron chi connectivity index (χ2n) is 6.54. The molecule has 4 amide bonds. The molecule has 16 nitrogen and oxygen atoms in total. The molecule has 2 aliphatic rings. The summed E-state index contributed by atoms with van der Waals surface area (Å²) in [5, 5.41) is -4.13. The predicted molar refractivity (Wildman–Crippen MR) is 110 cm³/mol. The maximum Gasteiger partial charge on any atom is 0.334 e. The Kier molecular flexibility index (Phi) is 9.04. The van der Waals surface area contributed by atoms with Gasteiger partial charge in [0.05, 0.1) is 25.7 Å². The summed E-state index contributed by atoms with van der Waals surface area (Å²) in [6, 6.07) is 0. The second kappa shape index (κ2) is 11.0. The van der Waals surface area contributed by atoms with Gasteiger partial charge in [0, 0.05) is 11.5 Å². The normalized spacial score (nSPS) is 21.4. The van der Waals surface area contributed by atoms with Gasteiger partial charge in [-0.3, -0.25) is 28.3 Å². The van der Waals surface area contributed by atoms with Crippen molar-refractivity contribution >= 4 is 77.4 Å². The lowest BCUT2D eigenvalue weighted by atomic mass is 10.4. The number of hydrogen-bond donors (Lipinski definition) is 2. The zero-order valence-electron chi connectivity index (χ0n) is 16.7. The number of hydroxylamine groups is 4. The van der Waals surface area contributed by atoms with Crippen LogP contribution in [-0.2, 0) is 58.7 Å². The molecule has 0 unspecified atom stereocenters. The smallest absolute Gasteiger partial charge is 0.330 e. The molecule has 2 rings (SSSR count). The van der Waals surface area contributed by atoms with E-state index in [1.807, 2.05) is 0 Å². The molecule has 2 heterocycles. The minimum atomic E-state index is -4.84. The maximum atomic E-state index is 11.8. The highest BCUT2D eigenvalue weighted by Crippen LogP contribution is 2.25. The van der Waals surface area contributed by atoms with Gasteiger partial charge in [0.1, 0.15) is 0 Å². The van der Waals surface area contributed by atoms with E-state index in [2.05, 4.69) is 9.68 Å². The average molecular weight is 565 g/mol. The van der Waals surface area contributed by atoms with Crippen LogP contribution in [0.1, 0.15) is 25.7 Å². The maximum absolute atomic E-state index is 11.8. The lowest BCUT2D eigenvalue weighted by molar-refractivity contribution is -0.197. The topological polar surface area (TPSA) is 236 Å². The molecule has 2 aliphatic heterocycles. The lowest BCUT2D eigenvalue weighted by Gasteiger charge is -2.13. The van der Waals surface area contributed by atoms with Crippen molar-refractivity contribution in [3.05, 3.63) is 0 Å². The Morgan fingerprint density at radius 3 is 1.35 bits per heavy atom. The zero-order valence-corrected chi connectivity index (χ0v) is 20.0. The van der Waals surface area contributed by atoms with Crippen LogP contribution in [0.2, 0.25) is 0 Å². The summed E-state index contributed by atoms with van der Waals surface area (Å²) in [5.74, 6) is -6.92. The molecule has 34 heavy (non-hydrogen) atoms. The van der Waals surface area contributed by atoms with Crippen LogP contribution in [0.5, 0.6) is 0 Å². The van der Waals surface area contributed by atoms with Crippen LogP contribution in [0.15, 0.2) is 0 Å². The van der Waals surface area contributed by atoms with Crippen molar-refractivity contribution < 1.29 is 64.4 Å². The number of hydrogen-bond acceptors (Lipinski definition) is 14. The van der Waals surface area contributed by atoms with Gasteiger partial charge >= 0.3 is 11.9 Å². The van der Waals surface area contributed by atoms with Gasteiger partial charge in [0.15, 0.2) is 10.5 Å². The third kappa shape index (κ3) is 7.12. The summed E-state index contributed by atoms with van der Waals surface area (Å²) in [6.07, 6.45) is -2.36. The molecule has 2 atom stereocenters. The summed E-state index contributed by atoms with van der Waals surface area (Å²) >= 11 is 0. The summed E-state index contributed by atoms with van der Waals surface area (Å²) in [5.41, 5.74) is 0. The van der Waals surface area contributed by atoms with Crippen molar-refractivity contribution in [3.8, 4) is 0 Å². The van der Waals surface area contributed by atoms with E-state index in [1.165, 1.54) is 0 Å². The Hall–Kier alpha value is -2.26. The average Bonchev–Trinajstić information content (AvgIpc) is 3.15. The number of carbonyl (C=O) groups is 6. The number of imide groups is 2. The van der Waals surface area contributed by atoms with Crippen molar-refractivity contribution in [2.24, 2.45) is 0 Å². The molecule has 0 spiro atoms. The first kappa shape index (κ1) is 28.0. The van der Waals surface area contributed by atoms with Crippen molar-refractivity contribution in [2.45, 2.75) is 36.2 Å². The van der Waals surface area contributed by atoms with E-state index < -0.39 is 79.1 Å². The van der Waals surface area contributed by atoms with Crippen LogP contribution in [0, 0.1) is 0 Å². The van der Waals surface area contributed by atoms with Gasteiger partial charge in [-0.15, -0.1) is 10.1 Å². The molecule has 2 N–H and O–H groups in total. The second-order valence-corrected chi connectivity index (χ2v) is 12.4. The van der Waals surface area contributed by atoms with Gasteiger partial charge in [0.2, 0.25) is 0 Å². The van der Waals surface area contributed by atoms with Gasteiger partial charge in [0.25, 0.3) is 43.9 Å². The fourth-order valence-electron chi connectivity index (χ4n) is 2.48. The van der Waals surface area contributed by atoms with Gasteiger partial charge in [-0.25, -0.2) is 9.59 Å². The Balaban J connectivity index is 1.65. The van der Waals surface area contributed by atoms with Gasteiger partial charge in [-0.05, 0) is 0 Å². The summed E-state index contributed by atoms with van der Waals surface area (Å²) in [6.45, 7) is 0. The Morgan fingerprint density at radius 2 is 1.09 bits per heavy atom. The molecule has 2 fully saturated rings. The Labute approximate surface area is 199 Å². The van der Waals surface area contributed by atoms with E-state index in [0.29, 0.717) is 0 Å². The van der Waals surface area contributed by atoms with Gasteiger partial charge < -0.3 is 9.68 Å². The SMILES string of the molecule is O=C(CCSSCCC(=O)ON1C(=O)C[C@H](S(=O)(=O)O)C1=O)ON1C(=O)C[C@@H](S(=O)(=O)O)C1=O. The summed E-state index contributed by atoms with van der Waals surface area (Å²) in [4.78, 5) is 79.2. The fourth-order valence-corrected chi connectivity index (χ4v) is 5.84. The number of carbonyl (C=O) groups excluding carboxylic acids is 6. The molecule has 0 radical (unpaired) electrons. The molecule has 0 aromatic rings. The Morgan fingerprint density at radius 1 is 0.765 bits per heavy atom. The molecule has 20 heteroatoms. The van der Waals surface area contributed by atoms with E-state index in [1.54, 1.807) is 0 Å². The minimum Gasteiger partial charge on any atom is -0.330 e. The van der Waals surface area contributed by atoms with Crippen molar-refractivity contribution in [3.63, 3.8) is 0 Å². The molecule has 0 aliphatic carbocycles. The highest BCUT2D eigenvalue weighted by molar-refractivity contribution is 8.76. The molecule has 0 saturated carbocycles. The van der Waals surface area contributed by atoms with Crippen molar-refractivity contribution in [1.29, 1.82) is 0 Å². The molecule has 2 saturated heterocycles. The van der Waals surface area contributed by atoms with Crippen LogP contribution in [0.25, 0.3) is 0 Å². The van der Waals surface area contributed by atoms with Crippen molar-refractivity contribution in [1.82, 2.24) is 10.1 Å². The summed E-state index contributed by atoms with van der Waals surface area (Å²) in [7, 11) is -7.56. The van der Waals surface area contributed by atoms with E-state index in [-0.39, 0.29) is 34.5 Å². The quantitative estimate of drug-likeness (QED) is 0.120. The fraction of sp³-hybridized carbons (Fsp3) is 0.571. The van der Waals surface area contributed by atoms with Crippen LogP contribution < -0.4 is 0 Å². The molecular formula is C14H16N2O14S4. The van der Waals surface area contributed by atoms with Gasteiger partial charge in [-0.1, -0.05) is 21.6 Å². The van der Waals surface area contributed by atoms with E-state index >= 15 is 0 Å². The monoisotopic (exact) mass is 564 g/mol. The first-order valence-electron chi connectivity index (χ1n) is 8.95. The predicted octanol–water partition coefficient (Wildman–Crippen LogP) is -1.90. The molecule has 0 bridgehead atoms. The number of amides is 4. The van der Waals surface area contributed by atoms with E-state index in [0.717, 1.165) is 21.6 Å². The van der Waals surface area contributed by atoms with E-state index in [9.17, 15) is 45.6 Å². The number of rotatable bonds is 11. The van der Waals surface area contributed by atoms with Crippen LogP contribution in [-0.4, -0.2) is 93.6 Å².